The Hall–Kier alpha value is -1.50. The van der Waals surface area contributed by atoms with Crippen LogP contribution >= 0.6 is 0 Å². The first-order valence-corrected chi connectivity index (χ1v) is 8.64. The van der Waals surface area contributed by atoms with Gasteiger partial charge in [-0.2, -0.15) is 0 Å². The van der Waals surface area contributed by atoms with Crippen molar-refractivity contribution in [2.75, 3.05) is 52.5 Å². The second-order valence-corrected chi connectivity index (χ2v) is 6.50. The molecule has 24 heavy (non-hydrogen) atoms. The van der Waals surface area contributed by atoms with E-state index in [0.29, 0.717) is 13.1 Å². The van der Waals surface area contributed by atoms with Gasteiger partial charge in [-0.15, -0.1) is 0 Å². The van der Waals surface area contributed by atoms with E-state index in [4.69, 9.17) is 4.74 Å². The summed E-state index contributed by atoms with van der Waals surface area (Å²) < 4.78 is 18.3. The maximum atomic E-state index is 13.0. The van der Waals surface area contributed by atoms with Crippen molar-refractivity contribution in [3.63, 3.8) is 0 Å². The van der Waals surface area contributed by atoms with Crippen molar-refractivity contribution in [1.29, 1.82) is 0 Å². The predicted molar refractivity (Wildman–Crippen MR) is 88.2 cm³/mol. The molecule has 1 saturated heterocycles. The lowest BCUT2D eigenvalue weighted by Gasteiger charge is -2.30. The molecule has 0 bridgehead atoms. The van der Waals surface area contributed by atoms with Crippen LogP contribution in [0.2, 0.25) is 0 Å². The molecule has 2 fully saturated rings. The van der Waals surface area contributed by atoms with Gasteiger partial charge in [-0.05, 0) is 30.0 Å². The van der Waals surface area contributed by atoms with Crippen molar-refractivity contribution in [3.05, 3.63) is 35.6 Å². The smallest absolute Gasteiger partial charge is 0.226 e. The fourth-order valence-corrected chi connectivity index (χ4v) is 3.32. The van der Waals surface area contributed by atoms with Gasteiger partial charge in [0.15, 0.2) is 0 Å². The highest BCUT2D eigenvalue weighted by Gasteiger charge is 2.45. The normalized spacial score (nSPS) is 23.9. The number of aliphatic hydroxyl groups excluding tert-OH is 1. The quantitative estimate of drug-likeness (QED) is 0.810. The highest BCUT2D eigenvalue weighted by molar-refractivity contribution is 5.83. The van der Waals surface area contributed by atoms with Crippen LogP contribution in [0.5, 0.6) is 0 Å². The number of amides is 1. The topological polar surface area (TPSA) is 53.0 Å². The lowest BCUT2D eigenvalue weighted by atomic mass is 10.1. The van der Waals surface area contributed by atoms with E-state index < -0.39 is 0 Å². The molecule has 1 aromatic rings. The van der Waals surface area contributed by atoms with Crippen LogP contribution in [0.3, 0.4) is 0 Å². The van der Waals surface area contributed by atoms with Crippen molar-refractivity contribution in [1.82, 2.24) is 9.80 Å². The zero-order valence-electron chi connectivity index (χ0n) is 13.9. The summed E-state index contributed by atoms with van der Waals surface area (Å²) in [5.41, 5.74) is 1.02. The van der Waals surface area contributed by atoms with Gasteiger partial charge in [0.25, 0.3) is 0 Å². The predicted octanol–water partition coefficient (Wildman–Crippen LogP) is 1.08. The molecule has 1 saturated carbocycles. The highest BCUT2D eigenvalue weighted by atomic mass is 19.1. The summed E-state index contributed by atoms with van der Waals surface area (Å²) in [6.45, 7) is 5.05. The average molecular weight is 336 g/mol. The van der Waals surface area contributed by atoms with E-state index in [1.165, 1.54) is 12.1 Å². The summed E-state index contributed by atoms with van der Waals surface area (Å²) in [5.74, 6) is -0.00397. The average Bonchev–Trinajstić information content (AvgIpc) is 3.40. The molecule has 1 aromatic carbocycles. The summed E-state index contributed by atoms with van der Waals surface area (Å²) in [5, 5.41) is 9.27. The minimum Gasteiger partial charge on any atom is -0.395 e. The summed E-state index contributed by atoms with van der Waals surface area (Å²) in [4.78, 5) is 16.8. The van der Waals surface area contributed by atoms with E-state index in [-0.39, 0.29) is 30.2 Å². The fourth-order valence-electron chi connectivity index (χ4n) is 3.32. The second kappa shape index (κ2) is 8.05. The summed E-state index contributed by atoms with van der Waals surface area (Å²) in [6, 6.07) is 6.41. The minimum atomic E-state index is -0.255. The minimum absolute atomic E-state index is 0.0250. The first kappa shape index (κ1) is 17.3. The standard InChI is InChI=1S/C18H25FN2O3/c19-15-3-1-14(2-4-15)16-13-17(16)18(23)21(7-10-22)6-5-20-8-11-24-12-9-20/h1-4,16-17,22H,5-13H2. The maximum Gasteiger partial charge on any atom is 0.226 e. The molecule has 3 rings (SSSR count). The van der Waals surface area contributed by atoms with E-state index in [9.17, 15) is 14.3 Å². The highest BCUT2D eigenvalue weighted by Crippen LogP contribution is 2.48. The molecule has 1 N–H and O–H groups in total. The number of nitrogens with zero attached hydrogens (tertiary/aromatic N) is 2. The number of carbonyl (C=O) groups excluding carboxylic acids is 1. The van der Waals surface area contributed by atoms with Crippen LogP contribution in [0, 0.1) is 11.7 Å². The van der Waals surface area contributed by atoms with Gasteiger partial charge < -0.3 is 14.7 Å². The third-order valence-corrected chi connectivity index (χ3v) is 4.88. The Morgan fingerprint density at radius 1 is 1.25 bits per heavy atom. The largest absolute Gasteiger partial charge is 0.395 e. The molecule has 5 nitrogen and oxygen atoms in total. The van der Waals surface area contributed by atoms with Gasteiger partial charge in [-0.3, -0.25) is 9.69 Å². The molecule has 6 heteroatoms. The molecule has 1 amide bonds. The molecule has 2 aliphatic rings. The van der Waals surface area contributed by atoms with Gasteiger partial charge in [0.2, 0.25) is 5.91 Å². The zero-order chi connectivity index (χ0) is 16.9. The third-order valence-electron chi connectivity index (χ3n) is 4.88. The molecule has 0 spiro atoms. The third kappa shape index (κ3) is 4.32. The van der Waals surface area contributed by atoms with Crippen LogP contribution in [0.1, 0.15) is 17.9 Å². The number of halogens is 1. The number of ether oxygens (including phenoxy) is 1. The summed E-state index contributed by atoms with van der Waals surface area (Å²) in [6.07, 6.45) is 0.809. The molecule has 1 aliphatic carbocycles. The lowest BCUT2D eigenvalue weighted by molar-refractivity contribution is -0.133. The number of morpholine rings is 1. The van der Waals surface area contributed by atoms with E-state index in [0.717, 1.165) is 44.8 Å². The van der Waals surface area contributed by atoms with Crippen molar-refractivity contribution in [2.45, 2.75) is 12.3 Å². The van der Waals surface area contributed by atoms with Crippen molar-refractivity contribution < 1.29 is 19.0 Å². The molecule has 2 atom stereocenters. The van der Waals surface area contributed by atoms with Crippen molar-refractivity contribution in [3.8, 4) is 0 Å². The number of benzene rings is 1. The maximum absolute atomic E-state index is 13.0. The SMILES string of the molecule is O=C(C1CC1c1ccc(F)cc1)N(CCO)CCN1CCOCC1. The molecule has 0 radical (unpaired) electrons. The van der Waals surface area contributed by atoms with Crippen LogP contribution in [0.25, 0.3) is 0 Å². The first-order chi connectivity index (χ1) is 11.7. The van der Waals surface area contributed by atoms with Gasteiger partial charge >= 0.3 is 0 Å². The van der Waals surface area contributed by atoms with E-state index in [1.54, 1.807) is 17.0 Å². The van der Waals surface area contributed by atoms with Crippen LogP contribution in [-0.2, 0) is 9.53 Å². The Bertz CT molecular complexity index is 546. The lowest BCUT2D eigenvalue weighted by Crippen LogP contribution is -2.44. The Morgan fingerprint density at radius 2 is 1.96 bits per heavy atom. The zero-order valence-corrected chi connectivity index (χ0v) is 13.9. The van der Waals surface area contributed by atoms with Crippen LogP contribution in [0.4, 0.5) is 4.39 Å². The van der Waals surface area contributed by atoms with Crippen LogP contribution in [0.15, 0.2) is 24.3 Å². The van der Waals surface area contributed by atoms with Gasteiger partial charge in [0.1, 0.15) is 5.82 Å². The van der Waals surface area contributed by atoms with Crippen LogP contribution in [-0.4, -0.2) is 73.4 Å². The number of carbonyl (C=O) groups is 1. The fraction of sp³-hybridized carbons (Fsp3) is 0.611. The number of rotatable bonds is 7. The van der Waals surface area contributed by atoms with E-state index >= 15 is 0 Å². The molecule has 1 aliphatic heterocycles. The first-order valence-electron chi connectivity index (χ1n) is 8.64. The van der Waals surface area contributed by atoms with Crippen molar-refractivity contribution >= 4 is 5.91 Å². The molecular weight excluding hydrogens is 311 g/mol. The summed E-state index contributed by atoms with van der Waals surface area (Å²) >= 11 is 0. The van der Waals surface area contributed by atoms with Gasteiger partial charge in [0.05, 0.1) is 19.8 Å². The Kier molecular flexibility index (Phi) is 5.81. The molecule has 132 valence electrons. The molecule has 2 unspecified atom stereocenters. The number of hydrogen-bond donors (Lipinski definition) is 1. The molecule has 0 aromatic heterocycles. The van der Waals surface area contributed by atoms with Gasteiger partial charge in [0, 0.05) is 38.6 Å². The Labute approximate surface area is 142 Å². The Morgan fingerprint density at radius 3 is 2.62 bits per heavy atom. The van der Waals surface area contributed by atoms with Gasteiger partial charge in [-0.1, -0.05) is 12.1 Å². The number of hydrogen-bond acceptors (Lipinski definition) is 4. The van der Waals surface area contributed by atoms with Crippen LogP contribution < -0.4 is 0 Å². The number of aliphatic hydroxyl groups is 1. The Balaban J connectivity index is 1.53. The summed E-state index contributed by atoms with van der Waals surface area (Å²) in [7, 11) is 0. The van der Waals surface area contributed by atoms with Crippen molar-refractivity contribution in [2.24, 2.45) is 5.92 Å². The molecule has 1 heterocycles. The monoisotopic (exact) mass is 336 g/mol. The van der Waals surface area contributed by atoms with Gasteiger partial charge in [-0.25, -0.2) is 4.39 Å². The van der Waals surface area contributed by atoms with E-state index in [1.807, 2.05) is 0 Å². The second-order valence-electron chi connectivity index (χ2n) is 6.50. The molecular formula is C18H25FN2O3. The van der Waals surface area contributed by atoms with E-state index in [2.05, 4.69) is 4.90 Å².